The minimum Gasteiger partial charge on any atom is -0.368 e. The van der Waals surface area contributed by atoms with E-state index in [1.807, 2.05) is 6.20 Å². The molecule has 1 saturated heterocycles. The van der Waals surface area contributed by atoms with Crippen LogP contribution in [0.1, 0.15) is 31.7 Å². The van der Waals surface area contributed by atoms with Crippen LogP contribution in [0.3, 0.4) is 0 Å². The molecule has 0 bridgehead atoms. The molecule has 112 valence electrons. The van der Waals surface area contributed by atoms with Gasteiger partial charge in [0, 0.05) is 25.5 Å². The molecule has 0 aromatic carbocycles. The second-order valence-corrected chi connectivity index (χ2v) is 4.98. The standard InChI is InChI=1S/C14H18FN5O/c1-2-20-6-5-16-13(20)12-11(4-3-7-21-12)19-14-17-8-10(15)9-18-14/h5-6,8-9,11-12H,2-4,7H2,1H3,(H,17,18,19)/t11-,12-/m0/s1. The zero-order valence-electron chi connectivity index (χ0n) is 11.9. The summed E-state index contributed by atoms with van der Waals surface area (Å²) in [6, 6.07) is 0.0249. The highest BCUT2D eigenvalue weighted by atomic mass is 19.1. The number of rotatable bonds is 4. The van der Waals surface area contributed by atoms with Crippen molar-refractivity contribution in [2.75, 3.05) is 11.9 Å². The molecule has 3 rings (SSSR count). The van der Waals surface area contributed by atoms with Gasteiger partial charge in [0.15, 0.2) is 5.82 Å². The number of aryl methyl sites for hydroxylation is 1. The topological polar surface area (TPSA) is 64.9 Å². The van der Waals surface area contributed by atoms with Crippen molar-refractivity contribution in [1.82, 2.24) is 19.5 Å². The van der Waals surface area contributed by atoms with Crippen molar-refractivity contribution >= 4 is 5.95 Å². The Morgan fingerprint density at radius 2 is 2.19 bits per heavy atom. The second-order valence-electron chi connectivity index (χ2n) is 4.98. The van der Waals surface area contributed by atoms with Crippen molar-refractivity contribution in [3.8, 4) is 0 Å². The van der Waals surface area contributed by atoms with E-state index in [0.29, 0.717) is 12.6 Å². The highest BCUT2D eigenvalue weighted by molar-refractivity contribution is 5.26. The van der Waals surface area contributed by atoms with Crippen LogP contribution in [-0.2, 0) is 11.3 Å². The molecule has 1 N–H and O–H groups in total. The van der Waals surface area contributed by atoms with Crippen LogP contribution in [0, 0.1) is 5.82 Å². The molecule has 0 radical (unpaired) electrons. The van der Waals surface area contributed by atoms with Crippen LogP contribution in [0.15, 0.2) is 24.8 Å². The van der Waals surface area contributed by atoms with E-state index < -0.39 is 5.82 Å². The normalized spacial score (nSPS) is 22.2. The summed E-state index contributed by atoms with van der Waals surface area (Å²) in [5.41, 5.74) is 0. The van der Waals surface area contributed by atoms with Crippen molar-refractivity contribution in [2.45, 2.75) is 38.5 Å². The van der Waals surface area contributed by atoms with Gasteiger partial charge in [-0.25, -0.2) is 19.3 Å². The first kappa shape index (κ1) is 13.9. The summed E-state index contributed by atoms with van der Waals surface area (Å²) < 4.78 is 20.8. The maximum absolute atomic E-state index is 12.9. The number of halogens is 1. The number of hydrogen-bond acceptors (Lipinski definition) is 5. The Morgan fingerprint density at radius 3 is 2.95 bits per heavy atom. The molecular weight excluding hydrogens is 273 g/mol. The molecule has 0 amide bonds. The van der Waals surface area contributed by atoms with Crippen LogP contribution < -0.4 is 5.32 Å². The number of nitrogens with zero attached hydrogens (tertiary/aromatic N) is 4. The van der Waals surface area contributed by atoms with Gasteiger partial charge < -0.3 is 14.6 Å². The summed E-state index contributed by atoms with van der Waals surface area (Å²) in [6.45, 7) is 3.62. The van der Waals surface area contributed by atoms with Crippen LogP contribution in [0.2, 0.25) is 0 Å². The van der Waals surface area contributed by atoms with Gasteiger partial charge in [0.25, 0.3) is 0 Å². The molecule has 21 heavy (non-hydrogen) atoms. The summed E-state index contributed by atoms with van der Waals surface area (Å²) in [5.74, 6) is 0.863. The molecule has 0 spiro atoms. The number of nitrogens with one attached hydrogen (secondary N) is 1. The molecule has 3 heterocycles. The van der Waals surface area contributed by atoms with Gasteiger partial charge in [-0.3, -0.25) is 0 Å². The van der Waals surface area contributed by atoms with Crippen molar-refractivity contribution in [3.05, 3.63) is 36.4 Å². The monoisotopic (exact) mass is 291 g/mol. The molecule has 2 aromatic rings. The van der Waals surface area contributed by atoms with Gasteiger partial charge >= 0.3 is 0 Å². The van der Waals surface area contributed by atoms with Gasteiger partial charge in [-0.1, -0.05) is 0 Å². The summed E-state index contributed by atoms with van der Waals surface area (Å²) >= 11 is 0. The Labute approximate surface area is 122 Å². The lowest BCUT2D eigenvalue weighted by molar-refractivity contribution is -0.00188. The zero-order chi connectivity index (χ0) is 14.7. The Bertz CT molecular complexity index is 585. The van der Waals surface area contributed by atoms with Gasteiger partial charge in [0.2, 0.25) is 5.95 Å². The number of ether oxygens (including phenoxy) is 1. The maximum atomic E-state index is 12.9. The van der Waals surface area contributed by atoms with E-state index in [-0.39, 0.29) is 12.1 Å². The molecular formula is C14H18FN5O. The number of aromatic nitrogens is 4. The summed E-state index contributed by atoms with van der Waals surface area (Å²) in [7, 11) is 0. The third-order valence-electron chi connectivity index (χ3n) is 3.60. The maximum Gasteiger partial charge on any atom is 0.223 e. The predicted molar refractivity (Wildman–Crippen MR) is 75.2 cm³/mol. The van der Waals surface area contributed by atoms with Gasteiger partial charge in [0.1, 0.15) is 11.9 Å². The van der Waals surface area contributed by atoms with E-state index in [0.717, 1.165) is 37.6 Å². The van der Waals surface area contributed by atoms with Gasteiger partial charge in [0.05, 0.1) is 18.4 Å². The van der Waals surface area contributed by atoms with Crippen molar-refractivity contribution in [3.63, 3.8) is 0 Å². The highest BCUT2D eigenvalue weighted by Gasteiger charge is 2.31. The first-order valence-corrected chi connectivity index (χ1v) is 7.14. The van der Waals surface area contributed by atoms with E-state index in [1.165, 1.54) is 0 Å². The van der Waals surface area contributed by atoms with Crippen LogP contribution in [0.25, 0.3) is 0 Å². The fourth-order valence-electron chi connectivity index (χ4n) is 2.58. The molecule has 0 aliphatic carbocycles. The average molecular weight is 291 g/mol. The van der Waals surface area contributed by atoms with Gasteiger partial charge in [-0.15, -0.1) is 0 Å². The fraction of sp³-hybridized carbons (Fsp3) is 0.500. The Hall–Kier alpha value is -2.02. The lowest BCUT2D eigenvalue weighted by Gasteiger charge is -2.32. The smallest absolute Gasteiger partial charge is 0.223 e. The SMILES string of the molecule is CCn1ccnc1[C@H]1OCCC[C@@H]1Nc1ncc(F)cn1. The minimum absolute atomic E-state index is 0.0249. The second kappa shape index (κ2) is 6.17. The number of hydrogen-bond donors (Lipinski definition) is 1. The summed E-state index contributed by atoms with van der Waals surface area (Å²) in [4.78, 5) is 12.3. The highest BCUT2D eigenvalue weighted by Crippen LogP contribution is 2.29. The van der Waals surface area contributed by atoms with Gasteiger partial charge in [-0.2, -0.15) is 0 Å². The first-order chi connectivity index (χ1) is 10.3. The van der Waals surface area contributed by atoms with Crippen LogP contribution >= 0.6 is 0 Å². The van der Waals surface area contributed by atoms with E-state index in [4.69, 9.17) is 4.74 Å². The molecule has 1 fully saturated rings. The van der Waals surface area contributed by atoms with Crippen molar-refractivity contribution in [2.24, 2.45) is 0 Å². The molecule has 0 unspecified atom stereocenters. The average Bonchev–Trinajstić information content (AvgIpc) is 2.98. The lowest BCUT2D eigenvalue weighted by Crippen LogP contribution is -2.35. The van der Waals surface area contributed by atoms with Crippen molar-refractivity contribution < 1.29 is 9.13 Å². The van der Waals surface area contributed by atoms with Crippen LogP contribution in [0.4, 0.5) is 10.3 Å². The zero-order valence-corrected chi connectivity index (χ0v) is 11.9. The van der Waals surface area contributed by atoms with E-state index in [9.17, 15) is 4.39 Å². The largest absolute Gasteiger partial charge is 0.368 e. The molecule has 2 aromatic heterocycles. The molecule has 0 saturated carbocycles. The third kappa shape index (κ3) is 3.02. The lowest BCUT2D eigenvalue weighted by atomic mass is 10.0. The summed E-state index contributed by atoms with van der Waals surface area (Å²) in [6.07, 6.45) is 7.77. The molecule has 1 aliphatic heterocycles. The number of imidazole rings is 1. The minimum atomic E-state index is -0.446. The fourth-order valence-corrected chi connectivity index (χ4v) is 2.58. The van der Waals surface area contributed by atoms with E-state index >= 15 is 0 Å². The van der Waals surface area contributed by atoms with E-state index in [1.54, 1.807) is 6.20 Å². The Morgan fingerprint density at radius 1 is 1.38 bits per heavy atom. The first-order valence-electron chi connectivity index (χ1n) is 7.14. The van der Waals surface area contributed by atoms with Crippen LogP contribution in [-0.4, -0.2) is 32.2 Å². The Kier molecular flexibility index (Phi) is 4.10. The predicted octanol–water partition coefficient (Wildman–Crippen LogP) is 2.16. The van der Waals surface area contributed by atoms with Gasteiger partial charge in [-0.05, 0) is 19.8 Å². The Balaban J connectivity index is 1.79. The molecule has 7 heteroatoms. The van der Waals surface area contributed by atoms with E-state index in [2.05, 4.69) is 31.8 Å². The molecule has 2 atom stereocenters. The quantitative estimate of drug-likeness (QED) is 0.935. The molecule has 6 nitrogen and oxygen atoms in total. The molecule has 1 aliphatic rings. The number of anilines is 1. The van der Waals surface area contributed by atoms with Crippen LogP contribution in [0.5, 0.6) is 0 Å². The third-order valence-corrected chi connectivity index (χ3v) is 3.60. The summed E-state index contributed by atoms with van der Waals surface area (Å²) in [5, 5.41) is 3.23. The van der Waals surface area contributed by atoms with Crippen molar-refractivity contribution in [1.29, 1.82) is 0 Å².